The lowest BCUT2D eigenvalue weighted by Gasteiger charge is -2.17. The molecular weight excluding hydrogens is 226 g/mol. The lowest BCUT2D eigenvalue weighted by molar-refractivity contribution is -0.121. The average molecular weight is 249 g/mol. The van der Waals surface area contributed by atoms with Crippen molar-refractivity contribution in [2.24, 2.45) is 5.92 Å². The van der Waals surface area contributed by atoms with Crippen molar-refractivity contribution in [3.63, 3.8) is 0 Å². The normalized spacial score (nSPS) is 12.3. The van der Waals surface area contributed by atoms with Gasteiger partial charge in [-0.15, -0.1) is 0 Å². The van der Waals surface area contributed by atoms with Gasteiger partial charge in [0, 0.05) is 6.54 Å². The third-order valence-electron chi connectivity index (χ3n) is 2.66. The molecule has 0 aliphatic heterocycles. The lowest BCUT2D eigenvalue weighted by atomic mass is 10.1. The quantitative estimate of drug-likeness (QED) is 0.700. The highest BCUT2D eigenvalue weighted by Crippen LogP contribution is 2.20. The molecule has 0 fully saturated rings. The Morgan fingerprint density at radius 2 is 2.00 bits per heavy atom. The third kappa shape index (κ3) is 4.28. The number of amides is 1. The molecule has 1 amide bonds. The van der Waals surface area contributed by atoms with Crippen LogP contribution in [0.5, 0.6) is 0 Å². The number of nitrogens with two attached hydrogens (primary N) is 1. The largest absolute Gasteiger partial charge is 0.397 e. The summed E-state index contributed by atoms with van der Waals surface area (Å²) in [6, 6.07) is 5.46. The number of carbonyl (C=O) groups excluding carboxylic acids is 1. The van der Waals surface area contributed by atoms with Crippen LogP contribution >= 0.6 is 0 Å². The van der Waals surface area contributed by atoms with Crippen molar-refractivity contribution in [1.29, 1.82) is 0 Å². The SMILES string of the molecule is Cc1ccc(NC(C)C(=O)NCC(C)C)c(N)c1. The molecule has 100 valence electrons. The van der Waals surface area contributed by atoms with Crippen LogP contribution in [0.25, 0.3) is 0 Å². The van der Waals surface area contributed by atoms with E-state index in [0.717, 1.165) is 11.3 Å². The van der Waals surface area contributed by atoms with Crippen LogP contribution < -0.4 is 16.4 Å². The first-order valence-electron chi connectivity index (χ1n) is 6.30. The van der Waals surface area contributed by atoms with Gasteiger partial charge in [0.1, 0.15) is 6.04 Å². The van der Waals surface area contributed by atoms with Crippen molar-refractivity contribution < 1.29 is 4.79 Å². The zero-order chi connectivity index (χ0) is 13.7. The molecule has 1 unspecified atom stereocenters. The van der Waals surface area contributed by atoms with Crippen molar-refractivity contribution >= 4 is 17.3 Å². The van der Waals surface area contributed by atoms with Crippen LogP contribution in [0.3, 0.4) is 0 Å². The minimum atomic E-state index is -0.297. The molecule has 4 heteroatoms. The number of aryl methyl sites for hydroxylation is 1. The molecule has 0 radical (unpaired) electrons. The van der Waals surface area contributed by atoms with E-state index in [1.807, 2.05) is 32.0 Å². The predicted octanol–water partition coefficient (Wildman–Crippen LogP) is 2.15. The fraction of sp³-hybridized carbons (Fsp3) is 0.500. The maximum absolute atomic E-state index is 11.8. The Bertz CT molecular complexity index is 416. The second-order valence-corrected chi connectivity index (χ2v) is 5.10. The highest BCUT2D eigenvalue weighted by molar-refractivity contribution is 5.85. The summed E-state index contributed by atoms with van der Waals surface area (Å²) in [7, 11) is 0. The molecule has 0 heterocycles. The minimum Gasteiger partial charge on any atom is -0.397 e. The molecule has 18 heavy (non-hydrogen) atoms. The van der Waals surface area contributed by atoms with Crippen molar-refractivity contribution in [3.05, 3.63) is 23.8 Å². The van der Waals surface area contributed by atoms with E-state index in [1.165, 1.54) is 0 Å². The summed E-state index contributed by atoms with van der Waals surface area (Å²) in [5.41, 5.74) is 8.47. The van der Waals surface area contributed by atoms with Gasteiger partial charge < -0.3 is 16.4 Å². The van der Waals surface area contributed by atoms with E-state index in [0.29, 0.717) is 18.2 Å². The van der Waals surface area contributed by atoms with Crippen molar-refractivity contribution in [2.45, 2.75) is 33.7 Å². The van der Waals surface area contributed by atoms with Crippen molar-refractivity contribution in [2.75, 3.05) is 17.6 Å². The van der Waals surface area contributed by atoms with Crippen LogP contribution in [-0.2, 0) is 4.79 Å². The first-order chi connectivity index (χ1) is 8.40. The van der Waals surface area contributed by atoms with Gasteiger partial charge in [0.05, 0.1) is 11.4 Å². The second-order valence-electron chi connectivity index (χ2n) is 5.10. The van der Waals surface area contributed by atoms with Crippen LogP contribution in [0.15, 0.2) is 18.2 Å². The first kappa shape index (κ1) is 14.4. The summed E-state index contributed by atoms with van der Waals surface area (Å²) in [4.78, 5) is 11.8. The Morgan fingerprint density at radius 3 is 2.56 bits per heavy atom. The third-order valence-corrected chi connectivity index (χ3v) is 2.66. The van der Waals surface area contributed by atoms with E-state index in [-0.39, 0.29) is 11.9 Å². The molecule has 4 N–H and O–H groups in total. The Hall–Kier alpha value is -1.71. The molecule has 4 nitrogen and oxygen atoms in total. The van der Waals surface area contributed by atoms with Gasteiger partial charge in [0.15, 0.2) is 0 Å². The maximum atomic E-state index is 11.8. The van der Waals surface area contributed by atoms with E-state index >= 15 is 0 Å². The number of anilines is 2. The van der Waals surface area contributed by atoms with Crippen LogP contribution in [0, 0.1) is 12.8 Å². The smallest absolute Gasteiger partial charge is 0.242 e. The van der Waals surface area contributed by atoms with Gasteiger partial charge in [0.2, 0.25) is 5.91 Å². The van der Waals surface area contributed by atoms with Crippen LogP contribution in [0.1, 0.15) is 26.3 Å². The molecule has 0 aliphatic carbocycles. The molecule has 1 rings (SSSR count). The Labute approximate surface area is 109 Å². The van der Waals surface area contributed by atoms with Gasteiger partial charge in [-0.3, -0.25) is 4.79 Å². The molecule has 0 aromatic heterocycles. The second kappa shape index (κ2) is 6.28. The molecule has 1 aromatic rings. The van der Waals surface area contributed by atoms with Gasteiger partial charge >= 0.3 is 0 Å². The molecule has 0 saturated carbocycles. The zero-order valence-corrected chi connectivity index (χ0v) is 11.6. The van der Waals surface area contributed by atoms with Gasteiger partial charge in [-0.1, -0.05) is 19.9 Å². The topological polar surface area (TPSA) is 67.2 Å². The number of hydrogen-bond acceptors (Lipinski definition) is 3. The number of nitrogens with one attached hydrogen (secondary N) is 2. The van der Waals surface area contributed by atoms with Gasteiger partial charge in [0.25, 0.3) is 0 Å². The summed E-state index contributed by atoms with van der Waals surface area (Å²) in [6.45, 7) is 8.63. The molecule has 1 aromatic carbocycles. The zero-order valence-electron chi connectivity index (χ0n) is 11.6. The average Bonchev–Trinajstić information content (AvgIpc) is 2.29. The van der Waals surface area contributed by atoms with Crippen molar-refractivity contribution in [1.82, 2.24) is 5.32 Å². The fourth-order valence-corrected chi connectivity index (χ4v) is 1.57. The standard InChI is InChI=1S/C14H23N3O/c1-9(2)8-16-14(18)11(4)17-13-6-5-10(3)7-12(13)15/h5-7,9,11,17H,8,15H2,1-4H3,(H,16,18). The van der Waals surface area contributed by atoms with Crippen LogP contribution in [0.2, 0.25) is 0 Å². The summed E-state index contributed by atoms with van der Waals surface area (Å²) in [5, 5.41) is 6.01. The maximum Gasteiger partial charge on any atom is 0.242 e. The molecule has 0 saturated heterocycles. The fourth-order valence-electron chi connectivity index (χ4n) is 1.57. The number of rotatable bonds is 5. The molecule has 0 spiro atoms. The summed E-state index contributed by atoms with van der Waals surface area (Å²) in [5.74, 6) is 0.439. The predicted molar refractivity (Wildman–Crippen MR) is 76.5 cm³/mol. The van der Waals surface area contributed by atoms with E-state index in [9.17, 15) is 4.79 Å². The highest BCUT2D eigenvalue weighted by atomic mass is 16.2. The lowest BCUT2D eigenvalue weighted by Crippen LogP contribution is -2.39. The first-order valence-corrected chi connectivity index (χ1v) is 6.30. The van der Waals surface area contributed by atoms with Gasteiger partial charge in [-0.2, -0.15) is 0 Å². The molecule has 1 atom stereocenters. The minimum absolute atomic E-state index is 0.0105. The van der Waals surface area contributed by atoms with E-state index < -0.39 is 0 Å². The Morgan fingerprint density at radius 1 is 1.33 bits per heavy atom. The number of benzene rings is 1. The van der Waals surface area contributed by atoms with Crippen molar-refractivity contribution in [3.8, 4) is 0 Å². The summed E-state index contributed by atoms with van der Waals surface area (Å²) < 4.78 is 0. The summed E-state index contributed by atoms with van der Waals surface area (Å²) >= 11 is 0. The monoisotopic (exact) mass is 249 g/mol. The number of nitrogen functional groups attached to an aromatic ring is 1. The summed E-state index contributed by atoms with van der Waals surface area (Å²) in [6.07, 6.45) is 0. The van der Waals surface area contributed by atoms with E-state index in [1.54, 1.807) is 0 Å². The van der Waals surface area contributed by atoms with Crippen LogP contribution in [-0.4, -0.2) is 18.5 Å². The van der Waals surface area contributed by atoms with E-state index in [2.05, 4.69) is 24.5 Å². The number of carbonyl (C=O) groups is 1. The van der Waals surface area contributed by atoms with E-state index in [4.69, 9.17) is 5.73 Å². The van der Waals surface area contributed by atoms with Crippen LogP contribution in [0.4, 0.5) is 11.4 Å². The molecule has 0 bridgehead atoms. The van der Waals surface area contributed by atoms with Gasteiger partial charge in [-0.05, 0) is 37.5 Å². The molecule has 0 aliphatic rings. The van der Waals surface area contributed by atoms with Gasteiger partial charge in [-0.25, -0.2) is 0 Å². The Balaban J connectivity index is 2.58. The highest BCUT2D eigenvalue weighted by Gasteiger charge is 2.13. The Kier molecular flexibility index (Phi) is 5.01. The number of hydrogen-bond donors (Lipinski definition) is 3. The molecular formula is C14H23N3O.